The van der Waals surface area contributed by atoms with Gasteiger partial charge in [-0.1, -0.05) is 30.3 Å². The number of anilines is 1. The lowest BCUT2D eigenvalue weighted by molar-refractivity contribution is 0.0733. The maximum atomic E-state index is 13.2. The summed E-state index contributed by atoms with van der Waals surface area (Å²) in [6.45, 7) is 2.80. The zero-order valence-electron chi connectivity index (χ0n) is 17.3. The second-order valence-electron chi connectivity index (χ2n) is 7.89. The van der Waals surface area contributed by atoms with Crippen LogP contribution in [-0.2, 0) is 0 Å². The Bertz CT molecular complexity index is 996. The van der Waals surface area contributed by atoms with Crippen LogP contribution in [0.3, 0.4) is 0 Å². The Morgan fingerprint density at radius 1 is 1.00 bits per heavy atom. The molecule has 0 unspecified atom stereocenters. The van der Waals surface area contributed by atoms with Crippen LogP contribution in [0, 0.1) is 6.92 Å². The van der Waals surface area contributed by atoms with Gasteiger partial charge in [-0.05, 0) is 67.3 Å². The van der Waals surface area contributed by atoms with Gasteiger partial charge in [0.2, 0.25) is 0 Å². The Labute approximate surface area is 172 Å². The zero-order valence-corrected chi connectivity index (χ0v) is 17.3. The van der Waals surface area contributed by atoms with E-state index in [4.69, 9.17) is 4.98 Å². The standard InChI is InChI=1S/C25H27N3O/c1-18-16-21(19-8-5-4-6-9-19)17-23(26-18)24-10-7-15-28(24)25(29)20-11-13-22(14-12-20)27(2)3/h4-6,8-9,11-14,16-17,24H,7,10,15H2,1-3H3/t24-/m0/s1. The van der Waals surface area contributed by atoms with Crippen molar-refractivity contribution in [3.63, 3.8) is 0 Å². The molecule has 1 aliphatic heterocycles. The molecule has 1 amide bonds. The van der Waals surface area contributed by atoms with E-state index in [0.29, 0.717) is 0 Å². The lowest BCUT2D eigenvalue weighted by atomic mass is 10.0. The van der Waals surface area contributed by atoms with Crippen LogP contribution in [0.5, 0.6) is 0 Å². The van der Waals surface area contributed by atoms with Crippen LogP contribution in [0.2, 0.25) is 0 Å². The number of carbonyl (C=O) groups is 1. The van der Waals surface area contributed by atoms with Crippen molar-refractivity contribution >= 4 is 11.6 Å². The van der Waals surface area contributed by atoms with E-state index >= 15 is 0 Å². The maximum absolute atomic E-state index is 13.2. The molecule has 4 heteroatoms. The fraction of sp³-hybridized carbons (Fsp3) is 0.280. The highest BCUT2D eigenvalue weighted by atomic mass is 16.2. The predicted molar refractivity (Wildman–Crippen MR) is 118 cm³/mol. The van der Waals surface area contributed by atoms with Crippen molar-refractivity contribution in [3.8, 4) is 11.1 Å². The number of hydrogen-bond acceptors (Lipinski definition) is 3. The number of aryl methyl sites for hydroxylation is 1. The molecule has 1 saturated heterocycles. The summed E-state index contributed by atoms with van der Waals surface area (Å²) in [4.78, 5) is 22.1. The van der Waals surface area contributed by atoms with Crippen LogP contribution in [0.25, 0.3) is 11.1 Å². The third-order valence-electron chi connectivity index (χ3n) is 5.57. The number of likely N-dealkylation sites (tertiary alicyclic amines) is 1. The molecular weight excluding hydrogens is 358 g/mol. The molecule has 1 atom stereocenters. The lowest BCUT2D eigenvalue weighted by Gasteiger charge is -2.25. The van der Waals surface area contributed by atoms with Crippen molar-refractivity contribution in [1.29, 1.82) is 0 Å². The molecule has 0 saturated carbocycles. The Morgan fingerprint density at radius 3 is 2.41 bits per heavy atom. The maximum Gasteiger partial charge on any atom is 0.254 e. The second kappa shape index (κ2) is 8.08. The number of amides is 1. The topological polar surface area (TPSA) is 36.4 Å². The van der Waals surface area contributed by atoms with Gasteiger partial charge in [-0.3, -0.25) is 9.78 Å². The smallest absolute Gasteiger partial charge is 0.254 e. The zero-order chi connectivity index (χ0) is 20.4. The van der Waals surface area contributed by atoms with E-state index in [1.165, 1.54) is 5.56 Å². The van der Waals surface area contributed by atoms with E-state index in [-0.39, 0.29) is 11.9 Å². The molecule has 0 bridgehead atoms. The van der Waals surface area contributed by atoms with Crippen LogP contribution < -0.4 is 4.90 Å². The molecule has 1 aliphatic rings. The Balaban J connectivity index is 1.63. The van der Waals surface area contributed by atoms with E-state index in [2.05, 4.69) is 24.3 Å². The Morgan fingerprint density at radius 2 is 1.72 bits per heavy atom. The Kier molecular flexibility index (Phi) is 5.34. The van der Waals surface area contributed by atoms with Crippen molar-refractivity contribution in [1.82, 2.24) is 9.88 Å². The minimum atomic E-state index is 0.0263. The number of pyridine rings is 1. The van der Waals surface area contributed by atoms with Crippen LogP contribution in [0.4, 0.5) is 5.69 Å². The summed E-state index contributed by atoms with van der Waals surface area (Å²) in [7, 11) is 4.00. The van der Waals surface area contributed by atoms with Gasteiger partial charge in [0.05, 0.1) is 11.7 Å². The summed E-state index contributed by atoms with van der Waals surface area (Å²) >= 11 is 0. The van der Waals surface area contributed by atoms with Gasteiger partial charge in [0.15, 0.2) is 0 Å². The number of benzene rings is 2. The third kappa shape index (κ3) is 4.02. The molecule has 0 radical (unpaired) electrons. The van der Waals surface area contributed by atoms with Gasteiger partial charge in [0.25, 0.3) is 5.91 Å². The average molecular weight is 386 g/mol. The molecule has 4 rings (SSSR count). The van der Waals surface area contributed by atoms with Gasteiger partial charge >= 0.3 is 0 Å². The molecule has 29 heavy (non-hydrogen) atoms. The first-order valence-corrected chi connectivity index (χ1v) is 10.2. The normalized spacial score (nSPS) is 16.1. The lowest BCUT2D eigenvalue weighted by Crippen LogP contribution is -2.31. The largest absolute Gasteiger partial charge is 0.378 e. The second-order valence-corrected chi connectivity index (χ2v) is 7.89. The summed E-state index contributed by atoms with van der Waals surface area (Å²) in [5.74, 6) is 0.0855. The van der Waals surface area contributed by atoms with Crippen LogP contribution in [0.1, 0.15) is 40.6 Å². The summed E-state index contributed by atoms with van der Waals surface area (Å²) in [5, 5.41) is 0. The van der Waals surface area contributed by atoms with Crippen LogP contribution in [0.15, 0.2) is 66.7 Å². The first-order chi connectivity index (χ1) is 14.0. The number of rotatable bonds is 4. The van der Waals surface area contributed by atoms with E-state index < -0.39 is 0 Å². The van der Waals surface area contributed by atoms with Crippen molar-refractivity contribution in [2.75, 3.05) is 25.5 Å². The highest BCUT2D eigenvalue weighted by Gasteiger charge is 2.32. The van der Waals surface area contributed by atoms with Gasteiger partial charge in [-0.25, -0.2) is 0 Å². The van der Waals surface area contributed by atoms with Gasteiger partial charge in [0, 0.05) is 37.6 Å². The Hall–Kier alpha value is -3.14. The highest BCUT2D eigenvalue weighted by Crippen LogP contribution is 2.34. The highest BCUT2D eigenvalue weighted by molar-refractivity contribution is 5.95. The average Bonchev–Trinajstić information content (AvgIpc) is 3.23. The first kappa shape index (κ1) is 19.2. The van der Waals surface area contributed by atoms with Crippen LogP contribution >= 0.6 is 0 Å². The van der Waals surface area contributed by atoms with Crippen molar-refractivity contribution < 1.29 is 4.79 Å². The van der Waals surface area contributed by atoms with Crippen molar-refractivity contribution in [2.45, 2.75) is 25.8 Å². The molecular formula is C25H27N3O. The van der Waals surface area contributed by atoms with Crippen LogP contribution in [-0.4, -0.2) is 36.4 Å². The summed E-state index contributed by atoms with van der Waals surface area (Å²) in [6, 6.07) is 22.5. The molecule has 148 valence electrons. The minimum absolute atomic E-state index is 0.0263. The summed E-state index contributed by atoms with van der Waals surface area (Å²) < 4.78 is 0. The van der Waals surface area contributed by atoms with E-state index in [9.17, 15) is 4.79 Å². The predicted octanol–water partition coefficient (Wildman–Crippen LogP) is 5.10. The SMILES string of the molecule is Cc1cc(-c2ccccc2)cc([C@@H]2CCCN2C(=O)c2ccc(N(C)C)cc2)n1. The fourth-order valence-electron chi connectivity index (χ4n) is 4.05. The van der Waals surface area contributed by atoms with Gasteiger partial charge < -0.3 is 9.80 Å². The van der Waals surface area contributed by atoms with Gasteiger partial charge in [-0.2, -0.15) is 0 Å². The molecule has 0 N–H and O–H groups in total. The van der Waals surface area contributed by atoms with E-state index in [1.807, 2.05) is 73.3 Å². The fourth-order valence-corrected chi connectivity index (χ4v) is 4.05. The molecule has 3 aromatic rings. The molecule has 4 nitrogen and oxygen atoms in total. The molecule has 1 fully saturated rings. The van der Waals surface area contributed by atoms with Gasteiger partial charge in [-0.15, -0.1) is 0 Å². The van der Waals surface area contributed by atoms with E-state index in [0.717, 1.165) is 47.6 Å². The van der Waals surface area contributed by atoms with Crippen molar-refractivity contribution in [3.05, 3.63) is 83.7 Å². The number of carbonyl (C=O) groups excluding carboxylic acids is 1. The molecule has 2 heterocycles. The van der Waals surface area contributed by atoms with E-state index in [1.54, 1.807) is 0 Å². The molecule has 1 aromatic heterocycles. The third-order valence-corrected chi connectivity index (χ3v) is 5.57. The minimum Gasteiger partial charge on any atom is -0.378 e. The number of nitrogens with zero attached hydrogens (tertiary/aromatic N) is 3. The molecule has 0 spiro atoms. The monoisotopic (exact) mass is 385 g/mol. The molecule has 2 aromatic carbocycles. The first-order valence-electron chi connectivity index (χ1n) is 10.2. The van der Waals surface area contributed by atoms with Gasteiger partial charge in [0.1, 0.15) is 0 Å². The van der Waals surface area contributed by atoms with Crippen molar-refractivity contribution in [2.24, 2.45) is 0 Å². The molecule has 0 aliphatic carbocycles. The summed E-state index contributed by atoms with van der Waals surface area (Å²) in [6.07, 6.45) is 1.95. The number of hydrogen-bond donors (Lipinski definition) is 0. The summed E-state index contributed by atoms with van der Waals surface area (Å²) in [5.41, 5.74) is 6.12. The number of aromatic nitrogens is 1. The quantitative estimate of drug-likeness (QED) is 0.627.